The Morgan fingerprint density at radius 3 is 1.06 bits per heavy atom. The van der Waals surface area contributed by atoms with Gasteiger partial charge in [0.2, 0.25) is 0 Å². The van der Waals surface area contributed by atoms with Crippen molar-refractivity contribution in [3.05, 3.63) is 11.1 Å². The summed E-state index contributed by atoms with van der Waals surface area (Å²) in [5.41, 5.74) is 9.01. The molecule has 0 bridgehead atoms. The molecule has 0 atom stereocenters. The first kappa shape index (κ1) is 15.3. The van der Waals surface area contributed by atoms with Gasteiger partial charge in [0.15, 0.2) is 0 Å². The van der Waals surface area contributed by atoms with Gasteiger partial charge in [-0.1, -0.05) is 51.1 Å². The molecule has 0 aliphatic rings. The van der Waals surface area contributed by atoms with Crippen LogP contribution in [0.5, 0.6) is 0 Å². The van der Waals surface area contributed by atoms with Crippen LogP contribution in [0.1, 0.15) is 13.8 Å². The van der Waals surface area contributed by atoms with Crippen molar-refractivity contribution in [2.24, 2.45) is 0 Å². The van der Waals surface area contributed by atoms with E-state index < -0.39 is 16.1 Å². The molecule has 0 amide bonds. The molecule has 0 unspecified atom stereocenters. The minimum Gasteiger partial charge on any atom is -0.127 e. The molecule has 0 saturated heterocycles. The molecule has 0 aromatic carbocycles. The smallest absolute Gasteiger partial charge is 0.127 e. The molecule has 0 aromatic heterocycles. The number of rotatable bonds is 0. The van der Waals surface area contributed by atoms with E-state index in [4.69, 9.17) is 0 Å². The van der Waals surface area contributed by atoms with Crippen molar-refractivity contribution >= 4 is 16.1 Å². The molecular weight excluding hydrogens is 224 g/mol. The van der Waals surface area contributed by atoms with Gasteiger partial charge in [-0.2, -0.15) is 0 Å². The molecule has 0 spiro atoms. The Labute approximate surface area is 104 Å². The predicted octanol–water partition coefficient (Wildman–Crippen LogP) is 4.08. The van der Waals surface area contributed by atoms with Gasteiger partial charge in [0.1, 0.15) is 16.1 Å². The third-order valence-corrected chi connectivity index (χ3v) is 3.56. The van der Waals surface area contributed by atoms with Crippen molar-refractivity contribution in [3.8, 4) is 22.9 Å². The van der Waals surface area contributed by atoms with Gasteiger partial charge in [-0.25, -0.2) is 0 Å². The lowest BCUT2D eigenvalue weighted by molar-refractivity contribution is 1.43. The van der Waals surface area contributed by atoms with E-state index in [-0.39, 0.29) is 0 Å². The van der Waals surface area contributed by atoms with E-state index in [1.54, 1.807) is 0 Å². The van der Waals surface area contributed by atoms with Gasteiger partial charge in [0.25, 0.3) is 0 Å². The zero-order valence-electron chi connectivity index (χ0n) is 12.0. The summed E-state index contributed by atoms with van der Waals surface area (Å²) in [5.74, 6) is 6.53. The van der Waals surface area contributed by atoms with E-state index in [0.29, 0.717) is 0 Å². The maximum atomic E-state index is 3.37. The van der Waals surface area contributed by atoms with Crippen LogP contribution in [-0.2, 0) is 0 Å². The molecule has 0 saturated carbocycles. The second-order valence-electron chi connectivity index (χ2n) is 6.25. The zero-order valence-corrected chi connectivity index (χ0v) is 14.0. The highest BCUT2D eigenvalue weighted by atomic mass is 28.3. The number of hydrogen-bond donors (Lipinski definition) is 0. The van der Waals surface area contributed by atoms with E-state index in [1.807, 2.05) is 0 Å². The molecule has 0 aromatic rings. The molecule has 0 aliphatic heterocycles. The Morgan fingerprint density at radius 1 is 0.625 bits per heavy atom. The normalized spacial score (nSPS) is 13.0. The molecule has 16 heavy (non-hydrogen) atoms. The monoisotopic (exact) mass is 248 g/mol. The fourth-order valence-corrected chi connectivity index (χ4v) is 1.88. The second-order valence-corrected chi connectivity index (χ2v) is 15.8. The molecule has 0 rings (SSSR count). The lowest BCUT2D eigenvalue weighted by Gasteiger charge is -2.05. The van der Waals surface area contributed by atoms with Crippen LogP contribution in [0, 0.1) is 22.9 Å². The largest absolute Gasteiger partial charge is 0.129 e. The van der Waals surface area contributed by atoms with Gasteiger partial charge in [0.05, 0.1) is 0 Å². The van der Waals surface area contributed by atoms with E-state index in [1.165, 1.54) is 0 Å². The lowest BCUT2D eigenvalue weighted by Crippen LogP contribution is -2.16. The Balaban J connectivity index is 4.97. The molecule has 0 N–H and O–H groups in total. The topological polar surface area (TPSA) is 0 Å². The highest BCUT2D eigenvalue weighted by Gasteiger charge is 2.08. The molecule has 2 heteroatoms. The molecule has 88 valence electrons. The summed E-state index contributed by atoms with van der Waals surface area (Å²) < 4.78 is 0. The Bertz CT molecular complexity index is 352. The quantitative estimate of drug-likeness (QED) is 0.447. The van der Waals surface area contributed by atoms with Crippen LogP contribution in [0.25, 0.3) is 0 Å². The van der Waals surface area contributed by atoms with Crippen LogP contribution in [-0.4, -0.2) is 16.1 Å². The molecular formula is C14H24Si2. The summed E-state index contributed by atoms with van der Waals surface area (Å²) in [6, 6.07) is 0. The number of hydrogen-bond acceptors (Lipinski definition) is 0. The van der Waals surface area contributed by atoms with Gasteiger partial charge < -0.3 is 0 Å². The average Bonchev–Trinajstić information content (AvgIpc) is 2.07. The maximum absolute atomic E-state index is 3.37. The first-order valence-electron chi connectivity index (χ1n) is 5.75. The molecule has 0 radical (unpaired) electrons. The Morgan fingerprint density at radius 2 is 0.875 bits per heavy atom. The van der Waals surface area contributed by atoms with Crippen molar-refractivity contribution in [2.45, 2.75) is 53.1 Å². The zero-order chi connectivity index (χ0) is 13.0. The average molecular weight is 249 g/mol. The van der Waals surface area contributed by atoms with Gasteiger partial charge in [-0.15, -0.1) is 11.1 Å². The van der Waals surface area contributed by atoms with Gasteiger partial charge in [0, 0.05) is 11.1 Å². The first-order valence-corrected chi connectivity index (χ1v) is 12.8. The van der Waals surface area contributed by atoms with E-state index in [0.717, 1.165) is 11.1 Å². The fraction of sp³-hybridized carbons (Fsp3) is 0.571. The van der Waals surface area contributed by atoms with Gasteiger partial charge in [-0.3, -0.25) is 0 Å². The molecule has 0 heterocycles. The Hall–Kier alpha value is -0.706. The van der Waals surface area contributed by atoms with Crippen LogP contribution in [0.2, 0.25) is 39.3 Å². The SMILES string of the molecule is CC(C#C[Si](C)(C)C)=C(C)C#C[Si](C)(C)C. The highest BCUT2D eigenvalue weighted by Crippen LogP contribution is 2.04. The van der Waals surface area contributed by atoms with Gasteiger partial charge in [-0.05, 0) is 13.8 Å². The van der Waals surface area contributed by atoms with Crippen molar-refractivity contribution in [2.75, 3.05) is 0 Å². The standard InChI is InChI=1S/C14H24Si2/c1-13(9-11-15(3,4)5)14(2)10-12-16(6,7)8/h1-8H3. The summed E-state index contributed by atoms with van der Waals surface area (Å²) >= 11 is 0. The number of allylic oxidation sites excluding steroid dienone is 2. The molecule has 0 nitrogen and oxygen atoms in total. The minimum atomic E-state index is -1.26. The van der Waals surface area contributed by atoms with Crippen molar-refractivity contribution in [1.29, 1.82) is 0 Å². The molecule has 0 fully saturated rings. The summed E-state index contributed by atoms with van der Waals surface area (Å²) in [4.78, 5) is 0. The summed E-state index contributed by atoms with van der Waals surface area (Å²) in [7, 11) is -2.52. The van der Waals surface area contributed by atoms with Crippen molar-refractivity contribution < 1.29 is 0 Å². The fourth-order valence-electron chi connectivity index (χ4n) is 0.750. The third kappa shape index (κ3) is 8.59. The lowest BCUT2D eigenvalue weighted by atomic mass is 10.2. The van der Waals surface area contributed by atoms with Crippen LogP contribution < -0.4 is 0 Å². The highest BCUT2D eigenvalue weighted by molar-refractivity contribution is 6.84. The van der Waals surface area contributed by atoms with Crippen LogP contribution >= 0.6 is 0 Å². The van der Waals surface area contributed by atoms with Gasteiger partial charge >= 0.3 is 0 Å². The molecule has 0 aliphatic carbocycles. The maximum Gasteiger partial charge on any atom is 0.129 e. The first-order chi connectivity index (χ1) is 7.01. The van der Waals surface area contributed by atoms with Crippen molar-refractivity contribution in [3.63, 3.8) is 0 Å². The van der Waals surface area contributed by atoms with Crippen molar-refractivity contribution in [1.82, 2.24) is 0 Å². The van der Waals surface area contributed by atoms with Crippen LogP contribution in [0.4, 0.5) is 0 Å². The summed E-state index contributed by atoms with van der Waals surface area (Å²) in [6.07, 6.45) is 0. The minimum absolute atomic E-state index is 1.13. The third-order valence-electron chi connectivity index (χ3n) is 1.81. The van der Waals surface area contributed by atoms with E-state index in [9.17, 15) is 0 Å². The van der Waals surface area contributed by atoms with Crippen LogP contribution in [0.15, 0.2) is 11.1 Å². The van der Waals surface area contributed by atoms with Crippen LogP contribution in [0.3, 0.4) is 0 Å². The predicted molar refractivity (Wildman–Crippen MR) is 80.6 cm³/mol. The van der Waals surface area contributed by atoms with E-state index >= 15 is 0 Å². The van der Waals surface area contributed by atoms with E-state index in [2.05, 4.69) is 76.1 Å². The second kappa shape index (κ2) is 5.57. The summed E-state index contributed by atoms with van der Waals surface area (Å²) in [6.45, 7) is 17.7. The Kier molecular flexibility index (Phi) is 5.33. The summed E-state index contributed by atoms with van der Waals surface area (Å²) in [5, 5.41) is 0.